The van der Waals surface area contributed by atoms with Crippen molar-refractivity contribution in [3.63, 3.8) is 0 Å². The molecule has 2 atom stereocenters. The van der Waals surface area contributed by atoms with Gasteiger partial charge in [-0.25, -0.2) is 0 Å². The Labute approximate surface area is 215 Å². The Morgan fingerprint density at radius 2 is 0.969 bits per heavy atom. The average molecular weight is 607 g/mol. The van der Waals surface area contributed by atoms with Crippen molar-refractivity contribution >= 4 is 47.8 Å². The van der Waals surface area contributed by atoms with E-state index < -0.39 is 33.5 Å². The Hall–Kier alpha value is 1.07. The molecule has 4 rings (SSSR count). The van der Waals surface area contributed by atoms with Crippen LogP contribution in [-0.4, -0.2) is 23.0 Å². The molecule has 0 nitrogen and oxygen atoms in total. The van der Waals surface area contributed by atoms with E-state index in [9.17, 15) is 0 Å². The van der Waals surface area contributed by atoms with Crippen molar-refractivity contribution in [3.05, 3.63) is 44.8 Å². The minimum absolute atomic E-state index is 0. The van der Waals surface area contributed by atoms with Crippen LogP contribution in [0.4, 0.5) is 0 Å². The van der Waals surface area contributed by atoms with Gasteiger partial charge in [-0.3, -0.25) is 0 Å². The van der Waals surface area contributed by atoms with Crippen LogP contribution in [0, 0.1) is 0 Å². The van der Waals surface area contributed by atoms with E-state index in [0.29, 0.717) is 0 Å². The molecule has 0 heterocycles. The van der Waals surface area contributed by atoms with Crippen molar-refractivity contribution < 1.29 is 17.4 Å². The van der Waals surface area contributed by atoms with Crippen molar-refractivity contribution in [2.24, 2.45) is 0 Å². The maximum atomic E-state index is 2.91. The molecule has 0 radical (unpaired) electrons. The maximum Gasteiger partial charge on any atom is -0.147 e. The summed E-state index contributed by atoms with van der Waals surface area (Å²) in [5.41, 5.74) is 7.50. The fourth-order valence-electron chi connectivity index (χ4n) is 7.44. The van der Waals surface area contributed by atoms with Crippen LogP contribution in [0.25, 0.3) is 0 Å². The third kappa shape index (κ3) is 4.99. The second kappa shape index (κ2) is 9.51. The minimum Gasteiger partial charge on any atom is -0.147 e. The van der Waals surface area contributed by atoms with Gasteiger partial charge in [-0.2, -0.15) is 0 Å². The number of rotatable bonds is 4. The summed E-state index contributed by atoms with van der Waals surface area (Å²) in [6, 6.07) is 0. The summed E-state index contributed by atoms with van der Waals surface area (Å²) in [7, 11) is -2.69. The summed E-state index contributed by atoms with van der Waals surface area (Å²) >= 11 is -3.22. The molecule has 0 amide bonds. The largest absolute Gasteiger partial charge is 0.147 e. The van der Waals surface area contributed by atoms with E-state index in [-0.39, 0.29) is 24.8 Å². The molecule has 32 heavy (non-hydrogen) atoms. The minimum atomic E-state index is -3.22. The topological polar surface area (TPSA) is 0 Å². The monoisotopic (exact) mass is 604 g/mol. The molecule has 0 fully saturated rings. The summed E-state index contributed by atoms with van der Waals surface area (Å²) in [5, 5.41) is 3.92. The van der Waals surface area contributed by atoms with Crippen molar-refractivity contribution in [1.82, 2.24) is 0 Å². The molecule has 4 aliphatic rings. The molecule has 0 spiro atoms. The fourth-order valence-corrected chi connectivity index (χ4v) is 44.2. The molecule has 0 saturated carbocycles. The first-order valence-electron chi connectivity index (χ1n) is 12.7. The van der Waals surface area contributed by atoms with E-state index >= 15 is 0 Å². The van der Waals surface area contributed by atoms with Gasteiger partial charge in [0.25, 0.3) is 0 Å². The Morgan fingerprint density at radius 3 is 1.28 bits per heavy atom. The van der Waals surface area contributed by atoms with Crippen LogP contribution < -0.4 is 0 Å². The first-order valence-corrected chi connectivity index (χ1v) is 33.3. The second-order valence-corrected chi connectivity index (χ2v) is 54.6. The molecule has 0 aromatic heterocycles. The zero-order valence-corrected chi connectivity index (χ0v) is 29.5. The Kier molecular flexibility index (Phi) is 8.71. The van der Waals surface area contributed by atoms with Crippen LogP contribution in [0.5, 0.6) is 0 Å². The Balaban J connectivity index is 0.00000181. The number of allylic oxidation sites excluding steroid dienone is 8. The van der Waals surface area contributed by atoms with Gasteiger partial charge in [-0.05, 0) is 0 Å². The second-order valence-electron chi connectivity index (χ2n) is 14.0. The molecule has 0 aromatic carbocycles. The SMILES string of the molecule is C[Si](C)(C)C1=CC2=C(CCCC2)[CH]1[Zr]([CH3])([CH3])(=[SiH2])[CH]1C([Si](C)(C)C)=CC2=C1CCCC2.Cl.Cl. The number of halogens is 2. The summed E-state index contributed by atoms with van der Waals surface area (Å²) < 4.78 is 7.55. The fraction of sp³-hybridized carbons (Fsp3) is 0.692. The summed E-state index contributed by atoms with van der Waals surface area (Å²) in [4.78, 5) is 0. The van der Waals surface area contributed by atoms with Crippen LogP contribution in [0.15, 0.2) is 44.8 Å². The normalized spacial score (nSPS) is 26.7. The van der Waals surface area contributed by atoms with Crippen LogP contribution >= 0.6 is 24.8 Å². The Bertz CT molecular complexity index is 892. The zero-order valence-electron chi connectivity index (χ0n) is 22.0. The van der Waals surface area contributed by atoms with Gasteiger partial charge in [0.15, 0.2) is 0 Å². The molecule has 6 heteroatoms. The van der Waals surface area contributed by atoms with Crippen LogP contribution in [-0.2, 0) is 17.4 Å². The summed E-state index contributed by atoms with van der Waals surface area (Å²) in [5.74, 6) is 0. The molecular formula is C26H48Cl2Si3Zr. The van der Waals surface area contributed by atoms with Gasteiger partial charge in [0.1, 0.15) is 0 Å². The van der Waals surface area contributed by atoms with Gasteiger partial charge >= 0.3 is 192 Å². The standard InChI is InChI=1S/2C12H19Si.2CH3.2ClH.H2Si.Zr/c2*1-13(2,3)12-8-10-6-4-5-7-11(10)9-12;;;;;;/h2*8-9H,4-7H2,1-3H3;2*1H3;2*1H;1H2;. The van der Waals surface area contributed by atoms with Gasteiger partial charge in [0.2, 0.25) is 0 Å². The number of hydrogen-bond acceptors (Lipinski definition) is 0. The molecule has 0 bridgehead atoms. The zero-order chi connectivity index (χ0) is 22.1. The van der Waals surface area contributed by atoms with Gasteiger partial charge < -0.3 is 0 Å². The van der Waals surface area contributed by atoms with Crippen LogP contribution in [0.3, 0.4) is 0 Å². The van der Waals surface area contributed by atoms with Crippen molar-refractivity contribution in [3.8, 4) is 0 Å². The molecule has 2 unspecified atom stereocenters. The van der Waals surface area contributed by atoms with E-state index in [2.05, 4.69) is 67.6 Å². The van der Waals surface area contributed by atoms with Gasteiger partial charge in [-0.1, -0.05) is 0 Å². The smallest absolute Gasteiger partial charge is 0.147 e. The first kappa shape index (κ1) is 29.3. The maximum absolute atomic E-state index is 3.22. The van der Waals surface area contributed by atoms with E-state index in [1.54, 1.807) is 11.1 Å². The van der Waals surface area contributed by atoms with Gasteiger partial charge in [-0.15, -0.1) is 24.8 Å². The number of hydrogen-bond donors (Lipinski definition) is 0. The molecule has 0 aliphatic heterocycles. The molecule has 4 aliphatic carbocycles. The molecular weight excluding hydrogens is 559 g/mol. The van der Waals surface area contributed by atoms with Crippen LogP contribution in [0.1, 0.15) is 51.4 Å². The molecule has 0 aromatic rings. The molecule has 182 valence electrons. The molecule has 0 N–H and O–H groups in total. The average Bonchev–Trinajstić information content (AvgIpc) is 3.21. The van der Waals surface area contributed by atoms with E-state index in [1.807, 2.05) is 21.5 Å². The van der Waals surface area contributed by atoms with E-state index in [0.717, 1.165) is 7.25 Å². The van der Waals surface area contributed by atoms with E-state index in [1.165, 1.54) is 51.4 Å². The first-order chi connectivity index (χ1) is 13.7. The molecule has 0 saturated heterocycles. The van der Waals surface area contributed by atoms with Gasteiger partial charge in [0, 0.05) is 0 Å². The Morgan fingerprint density at radius 1 is 0.656 bits per heavy atom. The predicted octanol–water partition coefficient (Wildman–Crippen LogP) is 9.12. The van der Waals surface area contributed by atoms with E-state index in [4.69, 9.17) is 0 Å². The van der Waals surface area contributed by atoms with Crippen molar-refractivity contribution in [2.45, 2.75) is 107 Å². The van der Waals surface area contributed by atoms with Crippen molar-refractivity contribution in [2.75, 3.05) is 0 Å². The third-order valence-electron chi connectivity index (χ3n) is 8.72. The summed E-state index contributed by atoms with van der Waals surface area (Å²) in [6.07, 6.45) is 16.8. The van der Waals surface area contributed by atoms with Gasteiger partial charge in [0.05, 0.1) is 0 Å². The summed E-state index contributed by atoms with van der Waals surface area (Å²) in [6.45, 7) is 18.4. The predicted molar refractivity (Wildman–Crippen MR) is 156 cm³/mol. The quantitative estimate of drug-likeness (QED) is 0.280. The van der Waals surface area contributed by atoms with Crippen LogP contribution in [0.2, 0.25) is 55.8 Å². The van der Waals surface area contributed by atoms with Crippen molar-refractivity contribution in [1.29, 1.82) is 0 Å². The third-order valence-corrected chi connectivity index (χ3v) is 31.9.